The molecule has 1 aliphatic rings. The Kier molecular flexibility index (Phi) is 7.13. The van der Waals surface area contributed by atoms with Gasteiger partial charge in [-0.1, -0.05) is 36.4 Å². The number of benzene rings is 2. The van der Waals surface area contributed by atoms with E-state index in [1.807, 2.05) is 57.1 Å². The van der Waals surface area contributed by atoms with Gasteiger partial charge in [0.15, 0.2) is 0 Å². The zero-order chi connectivity index (χ0) is 22.5. The van der Waals surface area contributed by atoms with Crippen molar-refractivity contribution in [3.63, 3.8) is 0 Å². The Morgan fingerprint density at radius 2 is 1.87 bits per heavy atom. The van der Waals surface area contributed by atoms with Crippen molar-refractivity contribution in [1.29, 1.82) is 0 Å². The van der Waals surface area contributed by atoms with Gasteiger partial charge in [0.1, 0.15) is 11.5 Å². The summed E-state index contributed by atoms with van der Waals surface area (Å²) in [5.41, 5.74) is 2.38. The van der Waals surface area contributed by atoms with Crippen LogP contribution in [0.3, 0.4) is 0 Å². The van der Waals surface area contributed by atoms with Crippen molar-refractivity contribution >= 4 is 17.4 Å². The van der Waals surface area contributed by atoms with Gasteiger partial charge in [-0.2, -0.15) is 0 Å². The van der Waals surface area contributed by atoms with Crippen molar-refractivity contribution in [2.45, 2.75) is 26.3 Å². The van der Waals surface area contributed by atoms with Crippen LogP contribution in [-0.2, 0) is 9.59 Å². The van der Waals surface area contributed by atoms with Crippen molar-refractivity contribution in [3.05, 3.63) is 70.8 Å². The van der Waals surface area contributed by atoms with Gasteiger partial charge in [-0.05, 0) is 64.2 Å². The molecule has 1 heterocycles. The highest BCUT2D eigenvalue weighted by Gasteiger charge is 2.46. The zero-order valence-corrected chi connectivity index (χ0v) is 18.6. The second-order valence-corrected chi connectivity index (χ2v) is 7.97. The molecule has 1 aliphatic heterocycles. The van der Waals surface area contributed by atoms with E-state index in [1.165, 1.54) is 0 Å². The molecule has 1 unspecified atom stereocenters. The summed E-state index contributed by atoms with van der Waals surface area (Å²) in [6, 6.07) is 14.0. The van der Waals surface area contributed by atoms with Crippen LogP contribution in [-0.4, -0.2) is 60.4 Å². The van der Waals surface area contributed by atoms with Crippen LogP contribution in [0.2, 0.25) is 0 Å². The van der Waals surface area contributed by atoms with Gasteiger partial charge in [0.25, 0.3) is 11.7 Å². The molecule has 1 saturated heterocycles. The summed E-state index contributed by atoms with van der Waals surface area (Å²) in [7, 11) is 3.94. The van der Waals surface area contributed by atoms with Crippen LogP contribution in [0.1, 0.15) is 36.1 Å². The average molecular weight is 423 g/mol. The van der Waals surface area contributed by atoms with Crippen molar-refractivity contribution in [2.24, 2.45) is 0 Å². The molecule has 1 fully saturated rings. The largest absolute Gasteiger partial charge is 0.507 e. The lowest BCUT2D eigenvalue weighted by molar-refractivity contribution is -0.139. The number of aryl methyl sites for hydroxylation is 1. The highest BCUT2D eigenvalue weighted by molar-refractivity contribution is 6.46. The molecular weight excluding hydrogens is 392 g/mol. The van der Waals surface area contributed by atoms with Crippen molar-refractivity contribution in [3.8, 4) is 5.75 Å². The van der Waals surface area contributed by atoms with Crippen LogP contribution in [0.4, 0.5) is 0 Å². The van der Waals surface area contributed by atoms with Crippen LogP contribution < -0.4 is 4.74 Å². The fraction of sp³-hybridized carbons (Fsp3) is 0.360. The van der Waals surface area contributed by atoms with Crippen molar-refractivity contribution in [2.75, 3.05) is 33.8 Å². The Bertz CT molecular complexity index is 997. The van der Waals surface area contributed by atoms with Gasteiger partial charge >= 0.3 is 0 Å². The third-order valence-corrected chi connectivity index (χ3v) is 5.45. The number of rotatable bonds is 8. The average Bonchev–Trinajstić information content (AvgIpc) is 2.99. The summed E-state index contributed by atoms with van der Waals surface area (Å²) in [5, 5.41) is 11.2. The molecule has 2 aromatic carbocycles. The first-order chi connectivity index (χ1) is 14.8. The number of hydrogen-bond donors (Lipinski definition) is 1. The SMILES string of the molecule is CCOc1cccc(/C(O)=C2\C(=O)C(=O)N(CCCN(C)C)C2c2ccccc2C)c1. The van der Waals surface area contributed by atoms with Crippen molar-refractivity contribution < 1.29 is 19.4 Å². The number of nitrogens with zero attached hydrogens (tertiary/aromatic N) is 2. The van der Waals surface area contributed by atoms with E-state index >= 15 is 0 Å². The molecule has 6 heteroatoms. The van der Waals surface area contributed by atoms with E-state index in [9.17, 15) is 14.7 Å². The number of hydrogen-bond acceptors (Lipinski definition) is 5. The molecule has 164 valence electrons. The summed E-state index contributed by atoms with van der Waals surface area (Å²) < 4.78 is 5.53. The number of carbonyl (C=O) groups is 2. The first-order valence-corrected chi connectivity index (χ1v) is 10.6. The Morgan fingerprint density at radius 1 is 1.13 bits per heavy atom. The number of carbonyl (C=O) groups excluding carboxylic acids is 2. The van der Waals surface area contributed by atoms with E-state index in [0.717, 1.165) is 24.1 Å². The highest BCUT2D eigenvalue weighted by Crippen LogP contribution is 2.40. The zero-order valence-electron chi connectivity index (χ0n) is 18.6. The number of aliphatic hydroxyl groups is 1. The van der Waals surface area contributed by atoms with E-state index in [-0.39, 0.29) is 11.3 Å². The minimum absolute atomic E-state index is 0.123. The number of ketones is 1. The maximum Gasteiger partial charge on any atom is 0.295 e. The minimum Gasteiger partial charge on any atom is -0.507 e. The van der Waals surface area contributed by atoms with Crippen LogP contribution in [0, 0.1) is 6.92 Å². The third-order valence-electron chi connectivity index (χ3n) is 5.45. The number of amides is 1. The lowest BCUT2D eigenvalue weighted by Gasteiger charge is -2.27. The standard InChI is InChI=1S/C25H30N2O4/c1-5-31-19-12-8-11-18(16-19)23(28)21-22(20-13-7-6-10-17(20)2)27(25(30)24(21)29)15-9-14-26(3)4/h6-8,10-13,16,22,28H,5,9,14-15H2,1-4H3/b23-21+. The minimum atomic E-state index is -0.655. The van der Waals surface area contributed by atoms with Crippen LogP contribution >= 0.6 is 0 Å². The summed E-state index contributed by atoms with van der Waals surface area (Å²) in [6.45, 7) is 5.54. The lowest BCUT2D eigenvalue weighted by Crippen LogP contribution is -2.32. The molecule has 6 nitrogen and oxygen atoms in total. The summed E-state index contributed by atoms with van der Waals surface area (Å²) in [4.78, 5) is 29.7. The number of Topliss-reactive ketones (excluding diaryl/α,β-unsaturated/α-hetero) is 1. The molecule has 0 radical (unpaired) electrons. The number of likely N-dealkylation sites (tertiary alicyclic amines) is 1. The van der Waals surface area contributed by atoms with Crippen molar-refractivity contribution in [1.82, 2.24) is 9.80 Å². The molecule has 0 bridgehead atoms. The third kappa shape index (κ3) is 4.80. The summed E-state index contributed by atoms with van der Waals surface area (Å²) in [6.07, 6.45) is 0.724. The van der Waals surface area contributed by atoms with Crippen LogP contribution in [0.15, 0.2) is 54.1 Å². The van der Waals surface area contributed by atoms with Gasteiger partial charge in [-0.3, -0.25) is 9.59 Å². The molecule has 1 N–H and O–H groups in total. The predicted octanol–water partition coefficient (Wildman–Crippen LogP) is 3.77. The molecule has 1 amide bonds. The number of aliphatic hydroxyl groups excluding tert-OH is 1. The monoisotopic (exact) mass is 422 g/mol. The fourth-order valence-corrected chi connectivity index (χ4v) is 3.94. The van der Waals surface area contributed by atoms with Gasteiger partial charge in [0.05, 0.1) is 18.2 Å². The maximum absolute atomic E-state index is 13.1. The quantitative estimate of drug-likeness (QED) is 0.398. The predicted molar refractivity (Wildman–Crippen MR) is 121 cm³/mol. The topological polar surface area (TPSA) is 70.1 Å². The normalized spacial score (nSPS) is 18.1. The van der Waals surface area contributed by atoms with Gasteiger partial charge in [-0.15, -0.1) is 0 Å². The Hall–Kier alpha value is -3.12. The molecular formula is C25H30N2O4. The number of ether oxygens (including phenoxy) is 1. The van der Waals surface area contributed by atoms with E-state index < -0.39 is 17.7 Å². The van der Waals surface area contributed by atoms with Gasteiger partial charge in [-0.25, -0.2) is 0 Å². The molecule has 0 aromatic heterocycles. The van der Waals surface area contributed by atoms with E-state index in [1.54, 1.807) is 29.2 Å². The second kappa shape index (κ2) is 9.79. The van der Waals surface area contributed by atoms with E-state index in [4.69, 9.17) is 4.74 Å². The summed E-state index contributed by atoms with van der Waals surface area (Å²) in [5.74, 6) is -0.811. The maximum atomic E-state index is 13.1. The molecule has 0 saturated carbocycles. The molecule has 3 rings (SSSR count). The van der Waals surface area contributed by atoms with Gasteiger partial charge in [0.2, 0.25) is 0 Å². The van der Waals surface area contributed by atoms with E-state index in [0.29, 0.717) is 24.5 Å². The highest BCUT2D eigenvalue weighted by atomic mass is 16.5. The molecule has 1 atom stereocenters. The molecule has 31 heavy (non-hydrogen) atoms. The van der Waals surface area contributed by atoms with Crippen LogP contribution in [0.5, 0.6) is 5.75 Å². The second-order valence-electron chi connectivity index (χ2n) is 7.97. The van der Waals surface area contributed by atoms with E-state index in [2.05, 4.69) is 0 Å². The summed E-state index contributed by atoms with van der Waals surface area (Å²) >= 11 is 0. The lowest BCUT2D eigenvalue weighted by atomic mass is 9.92. The Morgan fingerprint density at radius 3 is 2.55 bits per heavy atom. The molecule has 0 aliphatic carbocycles. The smallest absolute Gasteiger partial charge is 0.295 e. The first kappa shape index (κ1) is 22.6. The molecule has 0 spiro atoms. The Labute approximate surface area is 183 Å². The van der Waals surface area contributed by atoms with Crippen LogP contribution in [0.25, 0.3) is 5.76 Å². The van der Waals surface area contributed by atoms with Gasteiger partial charge < -0.3 is 19.6 Å². The molecule has 2 aromatic rings. The Balaban J connectivity index is 2.11. The fourth-order valence-electron chi connectivity index (χ4n) is 3.94. The first-order valence-electron chi connectivity index (χ1n) is 10.6. The van der Waals surface area contributed by atoms with Gasteiger partial charge in [0, 0.05) is 12.1 Å².